The standard InChI is InChI=1S/C22H23N5O3/c1-27-14-18-21(26-27)19(28)6-3-10-30-11-9-24-20-13-16(7-8-23-20)15-4-2-5-17(12-15)22(29)25-18/h2,4-5,7-8,12-14H,3,6,9-11H2,1H3,(H,23,24)(H,25,29). The van der Waals surface area contributed by atoms with Crippen LogP contribution in [-0.4, -0.2) is 46.2 Å². The first kappa shape index (κ1) is 19.8. The van der Waals surface area contributed by atoms with E-state index in [1.807, 2.05) is 30.3 Å². The fourth-order valence-corrected chi connectivity index (χ4v) is 3.33. The zero-order chi connectivity index (χ0) is 20.9. The molecule has 1 aromatic carbocycles. The molecule has 4 rings (SSSR count). The van der Waals surface area contributed by atoms with Crippen LogP contribution in [0.25, 0.3) is 11.1 Å². The first-order valence-electron chi connectivity index (χ1n) is 9.86. The molecule has 1 aliphatic heterocycles. The van der Waals surface area contributed by atoms with Crippen LogP contribution in [0.1, 0.15) is 33.7 Å². The van der Waals surface area contributed by atoms with Gasteiger partial charge in [-0.25, -0.2) is 4.98 Å². The Morgan fingerprint density at radius 3 is 2.80 bits per heavy atom. The largest absolute Gasteiger partial charge is 0.380 e. The second-order valence-corrected chi connectivity index (χ2v) is 7.10. The van der Waals surface area contributed by atoms with Crippen molar-refractivity contribution in [3.63, 3.8) is 0 Å². The molecule has 1 aliphatic rings. The van der Waals surface area contributed by atoms with Crippen LogP contribution in [0, 0.1) is 0 Å². The van der Waals surface area contributed by atoms with Gasteiger partial charge < -0.3 is 15.4 Å². The Hall–Kier alpha value is -3.52. The van der Waals surface area contributed by atoms with Crippen molar-refractivity contribution in [2.24, 2.45) is 7.05 Å². The third kappa shape index (κ3) is 4.55. The van der Waals surface area contributed by atoms with Gasteiger partial charge in [-0.3, -0.25) is 14.3 Å². The molecule has 0 radical (unpaired) electrons. The molecular weight excluding hydrogens is 382 g/mol. The molecule has 0 fully saturated rings. The summed E-state index contributed by atoms with van der Waals surface area (Å²) in [6.45, 7) is 1.59. The number of nitrogens with one attached hydrogen (secondary N) is 2. The van der Waals surface area contributed by atoms with Crippen LogP contribution >= 0.6 is 0 Å². The number of fused-ring (bicyclic) bond motifs is 6. The Kier molecular flexibility index (Phi) is 5.85. The summed E-state index contributed by atoms with van der Waals surface area (Å²) in [6.07, 6.45) is 4.26. The molecule has 8 heteroatoms. The van der Waals surface area contributed by atoms with E-state index in [0.29, 0.717) is 43.9 Å². The maximum absolute atomic E-state index is 12.9. The van der Waals surface area contributed by atoms with Gasteiger partial charge in [0.2, 0.25) is 0 Å². The van der Waals surface area contributed by atoms with Crippen LogP contribution in [0.3, 0.4) is 0 Å². The molecule has 2 N–H and O–H groups in total. The SMILES string of the molecule is Cn1cc2c(n1)C(=O)CCCOCCNc1cc(ccn1)-c1cccc(c1)C(=O)N2. The number of ketones is 1. The molecule has 30 heavy (non-hydrogen) atoms. The third-order valence-electron chi connectivity index (χ3n) is 4.80. The van der Waals surface area contributed by atoms with E-state index in [-0.39, 0.29) is 17.4 Å². The zero-order valence-corrected chi connectivity index (χ0v) is 16.7. The summed E-state index contributed by atoms with van der Waals surface area (Å²) in [7, 11) is 1.72. The normalized spacial score (nSPS) is 15.4. The van der Waals surface area contributed by atoms with Crippen molar-refractivity contribution in [3.8, 4) is 11.1 Å². The number of nitrogens with zero attached hydrogens (tertiary/aromatic N) is 3. The minimum absolute atomic E-state index is 0.123. The predicted octanol–water partition coefficient (Wildman–Crippen LogP) is 3.14. The van der Waals surface area contributed by atoms with Gasteiger partial charge in [-0.15, -0.1) is 0 Å². The van der Waals surface area contributed by atoms with Crippen molar-refractivity contribution in [1.29, 1.82) is 0 Å². The summed E-state index contributed by atoms with van der Waals surface area (Å²) in [4.78, 5) is 29.8. The molecule has 0 saturated carbocycles. The van der Waals surface area contributed by atoms with E-state index in [4.69, 9.17) is 4.74 Å². The van der Waals surface area contributed by atoms with E-state index in [9.17, 15) is 9.59 Å². The number of amides is 1. The van der Waals surface area contributed by atoms with Crippen molar-refractivity contribution >= 4 is 23.2 Å². The Bertz CT molecular complexity index is 1080. The monoisotopic (exact) mass is 405 g/mol. The average molecular weight is 405 g/mol. The average Bonchev–Trinajstić information content (AvgIpc) is 3.12. The van der Waals surface area contributed by atoms with E-state index in [1.165, 1.54) is 4.68 Å². The van der Waals surface area contributed by atoms with Gasteiger partial charge in [-0.1, -0.05) is 12.1 Å². The van der Waals surface area contributed by atoms with E-state index in [0.717, 1.165) is 16.9 Å². The van der Waals surface area contributed by atoms with E-state index < -0.39 is 0 Å². The van der Waals surface area contributed by atoms with Gasteiger partial charge >= 0.3 is 0 Å². The Morgan fingerprint density at radius 1 is 1.07 bits per heavy atom. The quantitative estimate of drug-likeness (QED) is 0.596. The van der Waals surface area contributed by atoms with Gasteiger partial charge in [-0.05, 0) is 41.8 Å². The summed E-state index contributed by atoms with van der Waals surface area (Å²) in [5.74, 6) is 0.319. The predicted molar refractivity (Wildman–Crippen MR) is 114 cm³/mol. The third-order valence-corrected chi connectivity index (χ3v) is 4.80. The molecule has 4 bridgehead atoms. The number of hydrogen-bond acceptors (Lipinski definition) is 6. The van der Waals surface area contributed by atoms with Crippen molar-refractivity contribution in [2.75, 3.05) is 30.4 Å². The number of aromatic nitrogens is 3. The minimum atomic E-state index is -0.296. The molecule has 3 aromatic rings. The number of rotatable bonds is 0. The summed E-state index contributed by atoms with van der Waals surface area (Å²) in [6, 6.07) is 11.2. The van der Waals surface area contributed by atoms with Crippen LogP contribution in [0.2, 0.25) is 0 Å². The van der Waals surface area contributed by atoms with Crippen molar-refractivity contribution < 1.29 is 14.3 Å². The topological polar surface area (TPSA) is 98.1 Å². The Balaban J connectivity index is 1.68. The van der Waals surface area contributed by atoms with E-state index >= 15 is 0 Å². The maximum Gasteiger partial charge on any atom is 0.255 e. The lowest BCUT2D eigenvalue weighted by atomic mass is 10.0. The molecule has 1 amide bonds. The van der Waals surface area contributed by atoms with Crippen molar-refractivity contribution in [2.45, 2.75) is 12.8 Å². The molecular formula is C22H23N5O3. The first-order chi connectivity index (χ1) is 14.6. The molecule has 154 valence electrons. The van der Waals surface area contributed by atoms with E-state index in [2.05, 4.69) is 20.7 Å². The molecule has 0 saturated heterocycles. The lowest BCUT2D eigenvalue weighted by molar-refractivity contribution is 0.0940. The summed E-state index contributed by atoms with van der Waals surface area (Å²) in [5.41, 5.74) is 3.02. The first-order valence-corrected chi connectivity index (χ1v) is 9.86. The lowest BCUT2D eigenvalue weighted by Gasteiger charge is -2.10. The number of aryl methyl sites for hydroxylation is 1. The highest BCUT2D eigenvalue weighted by molar-refractivity contribution is 6.09. The van der Waals surface area contributed by atoms with Crippen LogP contribution in [-0.2, 0) is 11.8 Å². The number of carbonyl (C=O) groups is 2. The second-order valence-electron chi connectivity index (χ2n) is 7.10. The maximum atomic E-state index is 12.9. The summed E-state index contributed by atoms with van der Waals surface area (Å²) >= 11 is 0. The molecule has 0 atom stereocenters. The van der Waals surface area contributed by atoms with Crippen LogP contribution < -0.4 is 10.6 Å². The van der Waals surface area contributed by atoms with E-state index in [1.54, 1.807) is 25.5 Å². The number of hydrogen-bond donors (Lipinski definition) is 2. The zero-order valence-electron chi connectivity index (χ0n) is 16.7. The van der Waals surface area contributed by atoms with Crippen molar-refractivity contribution in [1.82, 2.24) is 14.8 Å². The molecule has 0 unspecified atom stereocenters. The highest BCUT2D eigenvalue weighted by Crippen LogP contribution is 2.23. The molecule has 0 aliphatic carbocycles. The number of pyridine rings is 1. The Labute approximate surface area is 174 Å². The van der Waals surface area contributed by atoms with Gasteiger partial charge in [0.1, 0.15) is 5.82 Å². The van der Waals surface area contributed by atoms with Gasteiger partial charge in [0.15, 0.2) is 11.5 Å². The summed E-state index contributed by atoms with van der Waals surface area (Å²) in [5, 5.41) is 10.3. The fourth-order valence-electron chi connectivity index (χ4n) is 3.33. The summed E-state index contributed by atoms with van der Waals surface area (Å²) < 4.78 is 7.14. The number of benzene rings is 1. The van der Waals surface area contributed by atoms with Crippen molar-refractivity contribution in [3.05, 3.63) is 60.0 Å². The molecule has 8 nitrogen and oxygen atoms in total. The smallest absolute Gasteiger partial charge is 0.255 e. The molecule has 2 aromatic heterocycles. The molecule has 0 spiro atoms. The Morgan fingerprint density at radius 2 is 1.90 bits per heavy atom. The number of carbonyl (C=O) groups excluding carboxylic acids is 2. The van der Waals surface area contributed by atoms with Gasteiger partial charge in [0, 0.05) is 44.6 Å². The van der Waals surface area contributed by atoms with Gasteiger partial charge in [0.05, 0.1) is 12.3 Å². The number of Topliss-reactive ketones (excluding diaryl/α,β-unsaturated/α-hetero) is 1. The second kappa shape index (κ2) is 8.87. The highest BCUT2D eigenvalue weighted by atomic mass is 16.5. The lowest BCUT2D eigenvalue weighted by Crippen LogP contribution is -2.15. The molecule has 3 heterocycles. The van der Waals surface area contributed by atoms with Gasteiger partial charge in [-0.2, -0.15) is 5.10 Å². The van der Waals surface area contributed by atoms with Crippen LogP contribution in [0.4, 0.5) is 11.5 Å². The minimum Gasteiger partial charge on any atom is -0.380 e. The van der Waals surface area contributed by atoms with Crippen LogP contribution in [0.15, 0.2) is 48.8 Å². The van der Waals surface area contributed by atoms with Crippen LogP contribution in [0.5, 0.6) is 0 Å². The number of anilines is 2. The fraction of sp³-hybridized carbons (Fsp3) is 0.273. The number of ether oxygens (including phenoxy) is 1. The highest BCUT2D eigenvalue weighted by Gasteiger charge is 2.19. The van der Waals surface area contributed by atoms with Gasteiger partial charge in [0.25, 0.3) is 5.91 Å².